The van der Waals surface area contributed by atoms with Crippen molar-refractivity contribution in [2.75, 3.05) is 32.7 Å². The van der Waals surface area contributed by atoms with Gasteiger partial charge in [0.05, 0.1) is 4.90 Å². The monoisotopic (exact) mass is 389 g/mol. The number of sulfonamides is 1. The normalized spacial score (nSPS) is 16.7. The number of rotatable bonds is 5. The number of benzene rings is 1. The first-order valence-electron chi connectivity index (χ1n) is 7.18. The molecule has 1 aliphatic rings. The lowest BCUT2D eigenvalue weighted by Crippen LogP contribution is -2.50. The first kappa shape index (κ1) is 17.4. The lowest BCUT2D eigenvalue weighted by Gasteiger charge is -2.34. The molecule has 6 nitrogen and oxygen atoms in total. The Balaban J connectivity index is 1.98. The maximum atomic E-state index is 12.5. The quantitative estimate of drug-likeness (QED) is 0.814. The number of amides is 1. The van der Waals surface area contributed by atoms with Crippen LogP contribution in [0.1, 0.15) is 12.8 Å². The zero-order chi connectivity index (χ0) is 16.2. The molecule has 22 heavy (non-hydrogen) atoms. The summed E-state index contributed by atoms with van der Waals surface area (Å²) in [6, 6.07) is 6.58. The van der Waals surface area contributed by atoms with Crippen LogP contribution in [-0.4, -0.2) is 56.3 Å². The molecule has 2 rings (SSSR count). The lowest BCUT2D eigenvalue weighted by molar-refractivity contribution is -0.132. The minimum Gasteiger partial charge on any atom is -0.340 e. The third kappa shape index (κ3) is 4.07. The molecule has 0 radical (unpaired) electrons. The maximum Gasteiger partial charge on any atom is 0.243 e. The summed E-state index contributed by atoms with van der Waals surface area (Å²) in [4.78, 5) is 13.9. The van der Waals surface area contributed by atoms with Crippen LogP contribution in [-0.2, 0) is 14.8 Å². The minimum absolute atomic E-state index is 0.0474. The van der Waals surface area contributed by atoms with Gasteiger partial charge in [-0.05, 0) is 37.2 Å². The Morgan fingerprint density at radius 3 is 2.27 bits per heavy atom. The van der Waals surface area contributed by atoms with E-state index in [0.717, 1.165) is 4.47 Å². The van der Waals surface area contributed by atoms with E-state index >= 15 is 0 Å². The van der Waals surface area contributed by atoms with Crippen LogP contribution in [0.3, 0.4) is 0 Å². The second-order valence-corrected chi connectivity index (χ2v) is 7.98. The van der Waals surface area contributed by atoms with Crippen molar-refractivity contribution in [2.45, 2.75) is 17.7 Å². The standard InChI is InChI=1S/C14H20BrN3O3S/c15-12-3-5-13(6-4-12)22(20,21)18-10-8-17(9-11-18)14(19)2-1-7-16/h3-6H,1-2,7-11,16H2. The van der Waals surface area contributed by atoms with Gasteiger partial charge in [-0.25, -0.2) is 8.42 Å². The molecule has 0 atom stereocenters. The molecule has 1 aliphatic heterocycles. The first-order chi connectivity index (χ1) is 10.4. The van der Waals surface area contributed by atoms with Crippen molar-refractivity contribution in [2.24, 2.45) is 5.73 Å². The molecule has 0 aromatic heterocycles. The lowest BCUT2D eigenvalue weighted by atomic mass is 10.2. The number of nitrogens with zero attached hydrogens (tertiary/aromatic N) is 2. The summed E-state index contributed by atoms with van der Waals surface area (Å²) in [5.74, 6) is 0.0474. The highest BCUT2D eigenvalue weighted by Crippen LogP contribution is 2.20. The fourth-order valence-corrected chi connectivity index (χ4v) is 4.03. The van der Waals surface area contributed by atoms with Gasteiger partial charge in [0.2, 0.25) is 15.9 Å². The highest BCUT2D eigenvalue weighted by atomic mass is 79.9. The number of hydrogen-bond donors (Lipinski definition) is 1. The SMILES string of the molecule is NCCCC(=O)N1CCN(S(=O)(=O)c2ccc(Br)cc2)CC1. The van der Waals surface area contributed by atoms with Gasteiger partial charge in [0, 0.05) is 37.1 Å². The largest absolute Gasteiger partial charge is 0.340 e. The van der Waals surface area contributed by atoms with Gasteiger partial charge in [0.15, 0.2) is 0 Å². The van der Waals surface area contributed by atoms with Crippen molar-refractivity contribution < 1.29 is 13.2 Å². The Bertz CT molecular complexity index is 611. The molecule has 0 bridgehead atoms. The van der Waals surface area contributed by atoms with Gasteiger partial charge in [-0.1, -0.05) is 15.9 Å². The summed E-state index contributed by atoms with van der Waals surface area (Å²) in [7, 11) is -3.49. The number of nitrogens with two attached hydrogens (primary N) is 1. The molecule has 0 aliphatic carbocycles. The Hall–Kier alpha value is -0.960. The molecule has 1 aromatic rings. The third-order valence-electron chi connectivity index (χ3n) is 3.64. The van der Waals surface area contributed by atoms with E-state index in [0.29, 0.717) is 45.6 Å². The summed E-state index contributed by atoms with van der Waals surface area (Å²) >= 11 is 3.29. The van der Waals surface area contributed by atoms with Crippen molar-refractivity contribution in [3.63, 3.8) is 0 Å². The molecular weight excluding hydrogens is 370 g/mol. The van der Waals surface area contributed by atoms with Crippen molar-refractivity contribution in [3.8, 4) is 0 Å². The van der Waals surface area contributed by atoms with Gasteiger partial charge in [-0.15, -0.1) is 0 Å². The third-order valence-corrected chi connectivity index (χ3v) is 6.08. The second-order valence-electron chi connectivity index (χ2n) is 5.13. The van der Waals surface area contributed by atoms with E-state index in [1.54, 1.807) is 29.2 Å². The molecule has 8 heteroatoms. The predicted molar refractivity (Wildman–Crippen MR) is 87.8 cm³/mol. The van der Waals surface area contributed by atoms with E-state index in [4.69, 9.17) is 5.73 Å². The molecule has 1 amide bonds. The first-order valence-corrected chi connectivity index (χ1v) is 9.42. The van der Waals surface area contributed by atoms with E-state index in [1.165, 1.54) is 4.31 Å². The number of carbonyl (C=O) groups is 1. The van der Waals surface area contributed by atoms with Crippen LogP contribution >= 0.6 is 15.9 Å². The molecule has 122 valence electrons. The Kier molecular flexibility index (Phi) is 5.96. The summed E-state index contributed by atoms with van der Waals surface area (Å²) in [6.07, 6.45) is 1.09. The fraction of sp³-hybridized carbons (Fsp3) is 0.500. The van der Waals surface area contributed by atoms with Gasteiger partial charge in [0.25, 0.3) is 0 Å². The van der Waals surface area contributed by atoms with Gasteiger partial charge < -0.3 is 10.6 Å². The van der Waals surface area contributed by atoms with Crippen molar-refractivity contribution in [1.29, 1.82) is 0 Å². The van der Waals surface area contributed by atoms with Crippen LogP contribution in [0, 0.1) is 0 Å². The summed E-state index contributed by atoms with van der Waals surface area (Å²) < 4.78 is 27.3. The highest BCUT2D eigenvalue weighted by molar-refractivity contribution is 9.10. The number of carbonyl (C=O) groups excluding carboxylic acids is 1. The van der Waals surface area contributed by atoms with E-state index in [9.17, 15) is 13.2 Å². The molecule has 0 unspecified atom stereocenters. The molecule has 0 saturated carbocycles. The number of piperazine rings is 1. The van der Waals surface area contributed by atoms with Crippen LogP contribution in [0.5, 0.6) is 0 Å². The summed E-state index contributed by atoms with van der Waals surface area (Å²) in [5.41, 5.74) is 5.40. The highest BCUT2D eigenvalue weighted by Gasteiger charge is 2.29. The van der Waals surface area contributed by atoms with Crippen LogP contribution in [0.4, 0.5) is 0 Å². The zero-order valence-electron chi connectivity index (χ0n) is 12.2. The molecule has 1 saturated heterocycles. The topological polar surface area (TPSA) is 83.7 Å². The summed E-state index contributed by atoms with van der Waals surface area (Å²) in [6.45, 7) is 2.00. The van der Waals surface area contributed by atoms with Crippen LogP contribution in [0.15, 0.2) is 33.6 Å². The Morgan fingerprint density at radius 1 is 1.14 bits per heavy atom. The van der Waals surface area contributed by atoms with Crippen LogP contribution in [0.2, 0.25) is 0 Å². The smallest absolute Gasteiger partial charge is 0.243 e. The Morgan fingerprint density at radius 2 is 1.73 bits per heavy atom. The van der Waals surface area contributed by atoms with E-state index in [2.05, 4.69) is 15.9 Å². The van der Waals surface area contributed by atoms with Gasteiger partial charge in [-0.3, -0.25) is 4.79 Å². The van der Waals surface area contributed by atoms with Gasteiger partial charge >= 0.3 is 0 Å². The average Bonchev–Trinajstić information content (AvgIpc) is 2.53. The molecule has 1 fully saturated rings. The predicted octanol–water partition coefficient (Wildman–Crippen LogP) is 1.02. The minimum atomic E-state index is -3.49. The average molecular weight is 390 g/mol. The van der Waals surface area contributed by atoms with Gasteiger partial charge in [0.1, 0.15) is 0 Å². The Labute approximate surface area is 139 Å². The maximum absolute atomic E-state index is 12.5. The second kappa shape index (κ2) is 7.54. The van der Waals surface area contributed by atoms with Crippen LogP contribution < -0.4 is 5.73 Å². The molecule has 0 spiro atoms. The molecular formula is C14H20BrN3O3S. The van der Waals surface area contributed by atoms with Crippen LogP contribution in [0.25, 0.3) is 0 Å². The molecule has 1 aromatic carbocycles. The summed E-state index contributed by atoms with van der Waals surface area (Å²) in [5, 5.41) is 0. The van der Waals surface area contributed by atoms with Crippen molar-refractivity contribution >= 4 is 31.9 Å². The van der Waals surface area contributed by atoms with Crippen molar-refractivity contribution in [3.05, 3.63) is 28.7 Å². The fourth-order valence-electron chi connectivity index (χ4n) is 2.34. The number of hydrogen-bond acceptors (Lipinski definition) is 4. The van der Waals surface area contributed by atoms with E-state index < -0.39 is 10.0 Å². The number of halogens is 1. The molecule has 2 N–H and O–H groups in total. The molecule has 1 heterocycles. The van der Waals surface area contributed by atoms with E-state index in [1.807, 2.05) is 0 Å². The zero-order valence-corrected chi connectivity index (χ0v) is 14.6. The van der Waals surface area contributed by atoms with Gasteiger partial charge in [-0.2, -0.15) is 4.31 Å². The van der Waals surface area contributed by atoms with E-state index in [-0.39, 0.29) is 10.8 Å². The van der Waals surface area contributed by atoms with Crippen molar-refractivity contribution in [1.82, 2.24) is 9.21 Å².